The maximum absolute atomic E-state index is 12.4. The van der Waals surface area contributed by atoms with E-state index in [-0.39, 0.29) is 0 Å². The predicted molar refractivity (Wildman–Crippen MR) is 79.2 cm³/mol. The third kappa shape index (κ3) is 3.04. The topological polar surface area (TPSA) is 37.4 Å². The van der Waals surface area contributed by atoms with Gasteiger partial charge in [-0.3, -0.25) is 0 Å². The molecule has 1 fully saturated rings. The molecule has 3 nitrogen and oxygen atoms in total. The number of halogens is 3. The first kappa shape index (κ1) is 15.1. The molecule has 0 bridgehead atoms. The molecule has 8 heteroatoms. The number of hydrogen-bond acceptors (Lipinski definition) is 3. The van der Waals surface area contributed by atoms with Crippen LogP contribution in [0.4, 0.5) is 0 Å². The Kier molecular flexibility index (Phi) is 5.00. The summed E-state index contributed by atoms with van der Waals surface area (Å²) in [6, 6.07) is 1.50. The van der Waals surface area contributed by atoms with E-state index in [1.54, 1.807) is 0 Å². The van der Waals surface area contributed by atoms with Crippen molar-refractivity contribution < 1.29 is 8.42 Å². The summed E-state index contributed by atoms with van der Waals surface area (Å²) < 4.78 is 27.2. The van der Waals surface area contributed by atoms with Gasteiger partial charge in [0.15, 0.2) is 0 Å². The largest absolute Gasteiger partial charge is 0.252 e. The van der Waals surface area contributed by atoms with E-state index in [4.69, 9.17) is 23.2 Å². The molecule has 2 rings (SSSR count). The van der Waals surface area contributed by atoms with Crippen LogP contribution in [0.2, 0.25) is 5.02 Å². The minimum Gasteiger partial charge on any atom is -0.206 e. The van der Waals surface area contributed by atoms with E-state index < -0.39 is 10.0 Å². The molecule has 1 aliphatic heterocycles. The van der Waals surface area contributed by atoms with E-state index >= 15 is 0 Å². The Labute approximate surface area is 129 Å². The molecule has 0 N–H and O–H groups in total. The second-order valence-electron chi connectivity index (χ2n) is 4.19. The molecular weight excluding hydrogens is 381 g/mol. The quantitative estimate of drug-likeness (QED) is 0.733. The van der Waals surface area contributed by atoms with Crippen molar-refractivity contribution in [1.29, 1.82) is 0 Å². The Morgan fingerprint density at radius 1 is 1.44 bits per heavy atom. The fraction of sp³-hybridized carbons (Fsp3) is 0.600. The molecule has 0 atom stereocenters. The molecule has 1 aromatic rings. The van der Waals surface area contributed by atoms with Gasteiger partial charge in [-0.1, -0.05) is 11.6 Å². The van der Waals surface area contributed by atoms with Crippen molar-refractivity contribution in [2.75, 3.05) is 19.0 Å². The van der Waals surface area contributed by atoms with Crippen LogP contribution < -0.4 is 0 Å². The van der Waals surface area contributed by atoms with Gasteiger partial charge in [-0.2, -0.15) is 4.31 Å². The summed E-state index contributed by atoms with van der Waals surface area (Å²) in [6.07, 6.45) is 1.64. The number of hydrogen-bond donors (Lipinski definition) is 0. The van der Waals surface area contributed by atoms with E-state index in [2.05, 4.69) is 15.9 Å². The molecule has 1 saturated heterocycles. The van der Waals surface area contributed by atoms with Crippen LogP contribution in [-0.2, 0) is 10.0 Å². The molecule has 0 unspecified atom stereocenters. The van der Waals surface area contributed by atoms with Crippen LogP contribution in [0.25, 0.3) is 0 Å². The third-order valence-electron chi connectivity index (χ3n) is 3.01. The van der Waals surface area contributed by atoms with Crippen molar-refractivity contribution in [1.82, 2.24) is 4.31 Å². The van der Waals surface area contributed by atoms with E-state index in [0.29, 0.717) is 37.9 Å². The number of rotatable bonds is 3. The lowest BCUT2D eigenvalue weighted by Gasteiger charge is -2.29. The van der Waals surface area contributed by atoms with Crippen molar-refractivity contribution >= 4 is 60.5 Å². The molecule has 18 heavy (non-hydrogen) atoms. The van der Waals surface area contributed by atoms with Crippen molar-refractivity contribution in [3.8, 4) is 0 Å². The van der Waals surface area contributed by atoms with Gasteiger partial charge in [-0.15, -0.1) is 22.9 Å². The third-order valence-corrected chi connectivity index (χ3v) is 8.27. The van der Waals surface area contributed by atoms with Gasteiger partial charge < -0.3 is 0 Å². The second-order valence-corrected chi connectivity index (χ2v) is 9.44. The maximum Gasteiger partial charge on any atom is 0.252 e. The maximum atomic E-state index is 12.4. The Balaban J connectivity index is 2.17. The van der Waals surface area contributed by atoms with E-state index in [9.17, 15) is 8.42 Å². The highest BCUT2D eigenvalue weighted by molar-refractivity contribution is 9.11. The molecule has 102 valence electrons. The average molecular weight is 393 g/mol. The Morgan fingerprint density at radius 2 is 2.06 bits per heavy atom. The van der Waals surface area contributed by atoms with Gasteiger partial charge in [0.05, 0.1) is 8.81 Å². The summed E-state index contributed by atoms with van der Waals surface area (Å²) in [5, 5.41) is 0.439. The Bertz CT molecular complexity index is 504. The van der Waals surface area contributed by atoms with Crippen molar-refractivity contribution in [3.05, 3.63) is 14.9 Å². The first-order valence-corrected chi connectivity index (χ1v) is 9.42. The van der Waals surface area contributed by atoms with Gasteiger partial charge >= 0.3 is 0 Å². The first-order valence-electron chi connectivity index (χ1n) is 5.46. The van der Waals surface area contributed by atoms with Crippen molar-refractivity contribution in [2.24, 2.45) is 5.92 Å². The molecule has 0 aromatic carbocycles. The summed E-state index contributed by atoms with van der Waals surface area (Å²) in [5.41, 5.74) is 0. The van der Waals surface area contributed by atoms with E-state index in [1.807, 2.05) is 0 Å². The highest BCUT2D eigenvalue weighted by Crippen LogP contribution is 2.36. The molecule has 1 aromatic heterocycles. The molecule has 0 amide bonds. The van der Waals surface area contributed by atoms with Gasteiger partial charge in [0.1, 0.15) is 4.21 Å². The zero-order valence-electron chi connectivity index (χ0n) is 9.40. The predicted octanol–water partition coefficient (Wildman–Crippen LogP) is 3.80. The minimum atomic E-state index is -3.40. The van der Waals surface area contributed by atoms with Crippen LogP contribution in [0.15, 0.2) is 14.1 Å². The lowest BCUT2D eigenvalue weighted by atomic mass is 10.0. The van der Waals surface area contributed by atoms with Gasteiger partial charge in [0, 0.05) is 19.0 Å². The fourth-order valence-electron chi connectivity index (χ4n) is 1.89. The zero-order chi connectivity index (χ0) is 13.3. The number of alkyl halides is 1. The summed E-state index contributed by atoms with van der Waals surface area (Å²) in [6.45, 7) is 1.07. The average Bonchev–Trinajstić information content (AvgIpc) is 2.70. The summed E-state index contributed by atoms with van der Waals surface area (Å²) in [5.74, 6) is 1.03. The second kappa shape index (κ2) is 5.97. The normalized spacial score (nSPS) is 19.3. The number of sulfonamides is 1. The molecule has 1 aliphatic rings. The highest BCUT2D eigenvalue weighted by Gasteiger charge is 2.30. The standard InChI is InChI=1S/C10H12BrCl2NO2S2/c11-10-8(13)5-9(17-10)18(15,16)14-3-1-7(6-12)2-4-14/h5,7H,1-4,6H2. The first-order chi connectivity index (χ1) is 8.45. The Hall–Kier alpha value is 0.670. The monoisotopic (exact) mass is 391 g/mol. The van der Waals surface area contributed by atoms with Crippen LogP contribution in [0, 0.1) is 5.92 Å². The molecular formula is C10H12BrCl2NO2S2. The minimum absolute atomic E-state index is 0.295. The zero-order valence-corrected chi connectivity index (χ0v) is 14.1. The lowest BCUT2D eigenvalue weighted by molar-refractivity contribution is 0.290. The van der Waals surface area contributed by atoms with Crippen LogP contribution in [0.1, 0.15) is 12.8 Å². The summed E-state index contributed by atoms with van der Waals surface area (Å²) in [4.78, 5) is 0. The van der Waals surface area contributed by atoms with Crippen LogP contribution in [-0.4, -0.2) is 31.7 Å². The van der Waals surface area contributed by atoms with Crippen molar-refractivity contribution in [3.63, 3.8) is 0 Å². The van der Waals surface area contributed by atoms with Crippen LogP contribution in [0.5, 0.6) is 0 Å². The van der Waals surface area contributed by atoms with Gasteiger partial charge in [-0.25, -0.2) is 8.42 Å². The van der Waals surface area contributed by atoms with Crippen LogP contribution in [0.3, 0.4) is 0 Å². The fourth-order valence-corrected chi connectivity index (χ4v) is 6.22. The molecule has 0 spiro atoms. The molecule has 0 radical (unpaired) electrons. The molecule has 0 saturated carbocycles. The van der Waals surface area contributed by atoms with Crippen LogP contribution >= 0.6 is 50.5 Å². The number of nitrogens with zero attached hydrogens (tertiary/aromatic N) is 1. The van der Waals surface area contributed by atoms with Crippen molar-refractivity contribution in [2.45, 2.75) is 17.1 Å². The van der Waals surface area contributed by atoms with Gasteiger partial charge in [-0.05, 0) is 40.8 Å². The molecule has 2 heterocycles. The SMILES string of the molecule is O=S(=O)(c1cc(Cl)c(Br)s1)N1CCC(CCl)CC1. The van der Waals surface area contributed by atoms with Gasteiger partial charge in [0.25, 0.3) is 10.0 Å². The summed E-state index contributed by atoms with van der Waals surface area (Å²) >= 11 is 16.1. The lowest BCUT2D eigenvalue weighted by Crippen LogP contribution is -2.38. The number of piperidine rings is 1. The van der Waals surface area contributed by atoms with E-state index in [0.717, 1.165) is 24.2 Å². The Morgan fingerprint density at radius 3 is 2.50 bits per heavy atom. The summed E-state index contributed by atoms with van der Waals surface area (Å²) in [7, 11) is -3.40. The van der Waals surface area contributed by atoms with Gasteiger partial charge in [0.2, 0.25) is 0 Å². The smallest absolute Gasteiger partial charge is 0.206 e. The van der Waals surface area contributed by atoms with E-state index in [1.165, 1.54) is 10.4 Å². The number of thiophene rings is 1. The highest BCUT2D eigenvalue weighted by atomic mass is 79.9. The molecule has 0 aliphatic carbocycles.